The molecule has 1 aromatic heterocycles. The number of rotatable bonds is 4. The van der Waals surface area contributed by atoms with E-state index < -0.39 is 0 Å². The summed E-state index contributed by atoms with van der Waals surface area (Å²) in [6.07, 6.45) is 4.55. The van der Waals surface area contributed by atoms with Crippen LogP contribution in [0.1, 0.15) is 63.6 Å². The van der Waals surface area contributed by atoms with Crippen molar-refractivity contribution in [3.63, 3.8) is 0 Å². The Bertz CT molecular complexity index is 1030. The molecule has 0 spiro atoms. The first-order valence-electron chi connectivity index (χ1n) is 10.2. The van der Waals surface area contributed by atoms with Gasteiger partial charge >= 0.3 is 0 Å². The van der Waals surface area contributed by atoms with Crippen LogP contribution in [0.2, 0.25) is 0 Å². The molecule has 3 aromatic rings. The first-order valence-corrected chi connectivity index (χ1v) is 11.2. The first kappa shape index (κ1) is 19.3. The molecule has 3 nitrogen and oxygen atoms in total. The second-order valence-corrected chi connectivity index (χ2v) is 9.70. The minimum Gasteiger partial charge on any atom is -0.284 e. The number of aromatic nitrogens is 2. The maximum Gasteiger partial charge on any atom is 0.262 e. The standard InChI is InChI=1S/C24H28N2OS/c1-24(2,3)18-14-12-17(13-15-18)16-28-23-25-21-11-7-6-10-20(21)22(27)26(23)19-8-4-5-9-19/h6-7,10-15,19H,4-5,8-9,16H2,1-3H3. The van der Waals surface area contributed by atoms with Gasteiger partial charge in [-0.25, -0.2) is 4.98 Å². The average Bonchev–Trinajstić information content (AvgIpc) is 3.20. The maximum absolute atomic E-state index is 13.2. The summed E-state index contributed by atoms with van der Waals surface area (Å²) in [6.45, 7) is 6.70. The van der Waals surface area contributed by atoms with E-state index in [1.165, 1.54) is 24.0 Å². The molecule has 0 N–H and O–H groups in total. The van der Waals surface area contributed by atoms with Gasteiger partial charge in [0.2, 0.25) is 0 Å². The summed E-state index contributed by atoms with van der Waals surface area (Å²) in [4.78, 5) is 18.1. The van der Waals surface area contributed by atoms with E-state index in [0.717, 1.165) is 34.7 Å². The number of nitrogens with zero attached hydrogens (tertiary/aromatic N) is 2. The number of hydrogen-bond donors (Lipinski definition) is 0. The van der Waals surface area contributed by atoms with Crippen LogP contribution in [-0.4, -0.2) is 9.55 Å². The van der Waals surface area contributed by atoms with Gasteiger partial charge < -0.3 is 0 Å². The van der Waals surface area contributed by atoms with Crippen LogP contribution in [0.25, 0.3) is 10.9 Å². The van der Waals surface area contributed by atoms with Gasteiger partial charge in [-0.15, -0.1) is 0 Å². The molecule has 0 amide bonds. The maximum atomic E-state index is 13.2. The van der Waals surface area contributed by atoms with Crippen LogP contribution in [0.3, 0.4) is 0 Å². The molecule has 4 rings (SSSR count). The molecular formula is C24H28N2OS. The van der Waals surface area contributed by atoms with E-state index in [9.17, 15) is 4.79 Å². The smallest absolute Gasteiger partial charge is 0.262 e. The fourth-order valence-electron chi connectivity index (χ4n) is 3.96. The Morgan fingerprint density at radius 3 is 2.39 bits per heavy atom. The Balaban J connectivity index is 1.66. The molecular weight excluding hydrogens is 364 g/mol. The first-order chi connectivity index (χ1) is 13.4. The van der Waals surface area contributed by atoms with Crippen LogP contribution in [0.15, 0.2) is 58.5 Å². The fourth-order valence-corrected chi connectivity index (χ4v) is 4.98. The van der Waals surface area contributed by atoms with Crippen molar-refractivity contribution in [2.24, 2.45) is 0 Å². The summed E-state index contributed by atoms with van der Waals surface area (Å²) in [6, 6.07) is 16.8. The molecule has 1 fully saturated rings. The lowest BCUT2D eigenvalue weighted by molar-refractivity contribution is 0.457. The van der Waals surface area contributed by atoms with Gasteiger partial charge in [0.15, 0.2) is 5.16 Å². The minimum atomic E-state index is 0.114. The van der Waals surface area contributed by atoms with Gasteiger partial charge in [-0.3, -0.25) is 9.36 Å². The van der Waals surface area contributed by atoms with Gasteiger partial charge in [-0.05, 0) is 41.5 Å². The van der Waals surface area contributed by atoms with Crippen molar-refractivity contribution in [3.05, 3.63) is 70.0 Å². The highest BCUT2D eigenvalue weighted by atomic mass is 32.2. The predicted octanol–water partition coefficient (Wildman–Crippen LogP) is 6.10. The lowest BCUT2D eigenvalue weighted by Gasteiger charge is -2.20. The highest BCUT2D eigenvalue weighted by molar-refractivity contribution is 7.98. The predicted molar refractivity (Wildman–Crippen MR) is 118 cm³/mol. The summed E-state index contributed by atoms with van der Waals surface area (Å²) in [5, 5.41) is 1.59. The zero-order chi connectivity index (χ0) is 19.7. The fraction of sp³-hybridized carbons (Fsp3) is 0.417. The van der Waals surface area contributed by atoms with Crippen molar-refractivity contribution in [2.45, 2.75) is 68.8 Å². The van der Waals surface area contributed by atoms with E-state index in [2.05, 4.69) is 45.0 Å². The second-order valence-electron chi connectivity index (χ2n) is 8.76. The molecule has 1 heterocycles. The summed E-state index contributed by atoms with van der Waals surface area (Å²) in [5.41, 5.74) is 3.68. The molecule has 0 radical (unpaired) electrons. The van der Waals surface area contributed by atoms with Crippen LogP contribution < -0.4 is 5.56 Å². The van der Waals surface area contributed by atoms with Crippen molar-refractivity contribution in [1.29, 1.82) is 0 Å². The Kier molecular flexibility index (Phi) is 5.33. The van der Waals surface area contributed by atoms with Gasteiger partial charge in [-0.1, -0.05) is 81.8 Å². The molecule has 28 heavy (non-hydrogen) atoms. The molecule has 0 aliphatic heterocycles. The summed E-state index contributed by atoms with van der Waals surface area (Å²) in [5.74, 6) is 0.821. The lowest BCUT2D eigenvalue weighted by atomic mass is 9.87. The van der Waals surface area contributed by atoms with Crippen molar-refractivity contribution >= 4 is 22.7 Å². The van der Waals surface area contributed by atoms with E-state index in [4.69, 9.17) is 4.98 Å². The van der Waals surface area contributed by atoms with E-state index in [-0.39, 0.29) is 17.0 Å². The van der Waals surface area contributed by atoms with Gasteiger partial charge in [0.25, 0.3) is 5.56 Å². The summed E-state index contributed by atoms with van der Waals surface area (Å²) >= 11 is 1.68. The van der Waals surface area contributed by atoms with E-state index >= 15 is 0 Å². The Morgan fingerprint density at radius 2 is 1.71 bits per heavy atom. The van der Waals surface area contributed by atoms with Crippen molar-refractivity contribution in [1.82, 2.24) is 9.55 Å². The summed E-state index contributed by atoms with van der Waals surface area (Å²) < 4.78 is 1.98. The third-order valence-electron chi connectivity index (χ3n) is 5.65. The number of para-hydroxylation sites is 1. The van der Waals surface area contributed by atoms with Crippen molar-refractivity contribution in [3.8, 4) is 0 Å². The molecule has 0 atom stereocenters. The van der Waals surface area contributed by atoms with E-state index in [1.54, 1.807) is 11.8 Å². The zero-order valence-corrected chi connectivity index (χ0v) is 17.8. The Labute approximate surface area is 171 Å². The molecule has 1 aliphatic rings. The van der Waals surface area contributed by atoms with Crippen LogP contribution in [0.4, 0.5) is 0 Å². The second kappa shape index (κ2) is 7.75. The zero-order valence-electron chi connectivity index (χ0n) is 16.9. The van der Waals surface area contributed by atoms with Gasteiger partial charge in [0, 0.05) is 11.8 Å². The Hall–Kier alpha value is -2.07. The normalized spacial score (nSPS) is 15.4. The lowest BCUT2D eigenvalue weighted by Crippen LogP contribution is -2.26. The SMILES string of the molecule is CC(C)(C)c1ccc(CSc2nc3ccccc3c(=O)n2C2CCCC2)cc1. The molecule has 0 saturated heterocycles. The third kappa shape index (κ3) is 3.88. The van der Waals surface area contributed by atoms with E-state index in [0.29, 0.717) is 0 Å². The average molecular weight is 393 g/mol. The molecule has 1 saturated carbocycles. The van der Waals surface area contributed by atoms with E-state index in [1.807, 2.05) is 28.8 Å². The quantitative estimate of drug-likeness (QED) is 0.397. The highest BCUT2D eigenvalue weighted by Crippen LogP contribution is 2.33. The van der Waals surface area contributed by atoms with Crippen molar-refractivity contribution in [2.75, 3.05) is 0 Å². The minimum absolute atomic E-state index is 0.114. The molecule has 0 bridgehead atoms. The van der Waals surface area contributed by atoms with Gasteiger partial charge in [-0.2, -0.15) is 0 Å². The number of hydrogen-bond acceptors (Lipinski definition) is 3. The number of benzene rings is 2. The Morgan fingerprint density at radius 1 is 1.04 bits per heavy atom. The summed E-state index contributed by atoms with van der Waals surface area (Å²) in [7, 11) is 0. The molecule has 1 aliphatic carbocycles. The highest BCUT2D eigenvalue weighted by Gasteiger charge is 2.23. The van der Waals surface area contributed by atoms with Crippen molar-refractivity contribution < 1.29 is 0 Å². The molecule has 0 unspecified atom stereocenters. The largest absolute Gasteiger partial charge is 0.284 e. The van der Waals surface area contributed by atoms with Crippen LogP contribution >= 0.6 is 11.8 Å². The monoisotopic (exact) mass is 392 g/mol. The molecule has 2 aromatic carbocycles. The number of thioether (sulfide) groups is 1. The van der Waals surface area contributed by atoms with Crippen LogP contribution in [0.5, 0.6) is 0 Å². The van der Waals surface area contributed by atoms with Gasteiger partial charge in [0.05, 0.1) is 10.9 Å². The molecule has 146 valence electrons. The van der Waals surface area contributed by atoms with Crippen LogP contribution in [0, 0.1) is 0 Å². The third-order valence-corrected chi connectivity index (χ3v) is 6.68. The molecule has 4 heteroatoms. The number of fused-ring (bicyclic) bond motifs is 1. The topological polar surface area (TPSA) is 34.9 Å². The van der Waals surface area contributed by atoms with Crippen LogP contribution in [-0.2, 0) is 11.2 Å². The van der Waals surface area contributed by atoms with Gasteiger partial charge in [0.1, 0.15) is 0 Å².